The van der Waals surface area contributed by atoms with Crippen LogP contribution >= 0.6 is 0 Å². The van der Waals surface area contributed by atoms with Crippen molar-refractivity contribution in [2.24, 2.45) is 0 Å². The molecule has 84 valence electrons. The molecule has 1 N–H and O–H groups in total. The highest BCUT2D eigenvalue weighted by molar-refractivity contribution is 4.63. The molecule has 0 spiro atoms. The summed E-state index contributed by atoms with van der Waals surface area (Å²) in [5, 5.41) is 8.82. The molecule has 3 heteroatoms. The Bertz CT molecular complexity index is 138. The molecule has 1 saturated heterocycles. The first kappa shape index (κ1) is 12.0. The zero-order chi connectivity index (χ0) is 10.2. The Kier molecular flexibility index (Phi) is 6.15. The van der Waals surface area contributed by atoms with Gasteiger partial charge in [-0.2, -0.15) is 0 Å². The lowest BCUT2D eigenvalue weighted by molar-refractivity contribution is -0.0701. The number of hydrogen-bond donors (Lipinski definition) is 1. The van der Waals surface area contributed by atoms with Crippen LogP contribution in [-0.4, -0.2) is 30.7 Å². The zero-order valence-corrected chi connectivity index (χ0v) is 9.08. The van der Waals surface area contributed by atoms with Crippen molar-refractivity contribution in [1.82, 2.24) is 0 Å². The molecule has 0 aromatic carbocycles. The summed E-state index contributed by atoms with van der Waals surface area (Å²) in [6.45, 7) is 2.84. The minimum absolute atomic E-state index is 0.0613. The highest BCUT2D eigenvalue weighted by Gasteiger charge is 2.24. The molecule has 0 aliphatic carbocycles. The van der Waals surface area contributed by atoms with Crippen LogP contribution in [0, 0.1) is 0 Å². The smallest absolute Gasteiger partial charge is 0.158 e. The van der Waals surface area contributed by atoms with Crippen molar-refractivity contribution >= 4 is 0 Å². The van der Waals surface area contributed by atoms with E-state index < -0.39 is 0 Å². The predicted molar refractivity (Wildman–Crippen MR) is 55.1 cm³/mol. The summed E-state index contributed by atoms with van der Waals surface area (Å²) < 4.78 is 10.8. The fourth-order valence-corrected chi connectivity index (χ4v) is 1.67. The van der Waals surface area contributed by atoms with Gasteiger partial charge in [-0.1, -0.05) is 32.6 Å². The van der Waals surface area contributed by atoms with Gasteiger partial charge >= 0.3 is 0 Å². The lowest BCUT2D eigenvalue weighted by Crippen LogP contribution is -2.16. The summed E-state index contributed by atoms with van der Waals surface area (Å²) >= 11 is 0. The maximum atomic E-state index is 8.82. The van der Waals surface area contributed by atoms with E-state index in [9.17, 15) is 0 Å². The minimum atomic E-state index is -0.0874. The molecule has 1 rings (SSSR count). The highest BCUT2D eigenvalue weighted by Crippen LogP contribution is 2.17. The largest absolute Gasteiger partial charge is 0.394 e. The van der Waals surface area contributed by atoms with Crippen molar-refractivity contribution in [1.29, 1.82) is 0 Å². The van der Waals surface area contributed by atoms with Gasteiger partial charge < -0.3 is 14.6 Å². The molecule has 0 aromatic rings. The fourth-order valence-electron chi connectivity index (χ4n) is 1.67. The Hall–Kier alpha value is -0.120. The summed E-state index contributed by atoms with van der Waals surface area (Å²) in [6, 6.07) is 0. The Labute approximate surface area is 86.4 Å². The van der Waals surface area contributed by atoms with Gasteiger partial charge in [-0.15, -0.1) is 0 Å². The van der Waals surface area contributed by atoms with E-state index in [1.54, 1.807) is 0 Å². The normalized spacial score (nSPS) is 27.0. The summed E-state index contributed by atoms with van der Waals surface area (Å²) in [7, 11) is 0. The number of hydrogen-bond acceptors (Lipinski definition) is 3. The van der Waals surface area contributed by atoms with E-state index in [-0.39, 0.29) is 19.0 Å². The number of aliphatic hydroxyl groups excluding tert-OH is 1. The van der Waals surface area contributed by atoms with Crippen LogP contribution in [0.15, 0.2) is 0 Å². The molecule has 14 heavy (non-hydrogen) atoms. The fraction of sp³-hybridized carbons (Fsp3) is 1.00. The van der Waals surface area contributed by atoms with Gasteiger partial charge in [0.05, 0.1) is 13.2 Å². The predicted octanol–water partition coefficient (Wildman–Crippen LogP) is 2.08. The van der Waals surface area contributed by atoms with E-state index in [1.165, 1.54) is 32.1 Å². The molecule has 0 unspecified atom stereocenters. The van der Waals surface area contributed by atoms with Crippen LogP contribution in [0.1, 0.15) is 45.4 Å². The molecule has 1 fully saturated rings. The van der Waals surface area contributed by atoms with Crippen molar-refractivity contribution in [3.8, 4) is 0 Å². The van der Waals surface area contributed by atoms with Crippen molar-refractivity contribution in [3.05, 3.63) is 0 Å². The van der Waals surface area contributed by atoms with Crippen LogP contribution in [0.4, 0.5) is 0 Å². The molecule has 1 aliphatic rings. The summed E-state index contributed by atoms with van der Waals surface area (Å²) in [6.07, 6.45) is 7.18. The van der Waals surface area contributed by atoms with Gasteiger partial charge in [0.2, 0.25) is 0 Å². The van der Waals surface area contributed by atoms with Crippen LogP contribution in [0.2, 0.25) is 0 Å². The maximum Gasteiger partial charge on any atom is 0.158 e. The van der Waals surface area contributed by atoms with Crippen LogP contribution in [0.25, 0.3) is 0 Å². The second-order valence-electron chi connectivity index (χ2n) is 3.91. The number of rotatable bonds is 7. The van der Waals surface area contributed by atoms with E-state index in [0.717, 1.165) is 6.42 Å². The topological polar surface area (TPSA) is 38.7 Å². The second kappa shape index (κ2) is 7.21. The van der Waals surface area contributed by atoms with E-state index in [1.807, 2.05) is 0 Å². The SMILES string of the molecule is CCCCCCC[C@@H]1OC[C@@H](CO)O1. The van der Waals surface area contributed by atoms with Gasteiger partial charge in [0.15, 0.2) is 6.29 Å². The zero-order valence-electron chi connectivity index (χ0n) is 9.08. The van der Waals surface area contributed by atoms with E-state index in [2.05, 4.69) is 6.92 Å². The molecule has 1 heterocycles. The molecular weight excluding hydrogens is 180 g/mol. The molecule has 0 radical (unpaired) electrons. The van der Waals surface area contributed by atoms with E-state index >= 15 is 0 Å². The first-order chi connectivity index (χ1) is 6.86. The Morgan fingerprint density at radius 3 is 2.64 bits per heavy atom. The monoisotopic (exact) mass is 202 g/mol. The van der Waals surface area contributed by atoms with E-state index in [4.69, 9.17) is 14.6 Å². The van der Waals surface area contributed by atoms with Crippen LogP contribution in [0.5, 0.6) is 0 Å². The molecule has 0 saturated carbocycles. The van der Waals surface area contributed by atoms with Gasteiger partial charge in [0.25, 0.3) is 0 Å². The molecule has 1 aliphatic heterocycles. The van der Waals surface area contributed by atoms with Gasteiger partial charge in [-0.25, -0.2) is 0 Å². The van der Waals surface area contributed by atoms with Crippen molar-refractivity contribution in [2.45, 2.75) is 57.8 Å². The van der Waals surface area contributed by atoms with Crippen LogP contribution < -0.4 is 0 Å². The van der Waals surface area contributed by atoms with Crippen molar-refractivity contribution in [2.75, 3.05) is 13.2 Å². The number of unbranched alkanes of at least 4 members (excludes halogenated alkanes) is 4. The average Bonchev–Trinajstić information content (AvgIpc) is 2.65. The molecular formula is C11H22O3. The van der Waals surface area contributed by atoms with Crippen molar-refractivity contribution < 1.29 is 14.6 Å². The molecule has 0 bridgehead atoms. The average molecular weight is 202 g/mol. The van der Waals surface area contributed by atoms with Crippen LogP contribution in [-0.2, 0) is 9.47 Å². The standard InChI is InChI=1S/C11H22O3/c1-2-3-4-5-6-7-11-13-9-10(8-12)14-11/h10-12H,2-9H2,1H3/t10-,11-/m1/s1. The van der Waals surface area contributed by atoms with Gasteiger partial charge in [0.1, 0.15) is 6.10 Å². The molecule has 3 nitrogen and oxygen atoms in total. The Balaban J connectivity index is 1.92. The van der Waals surface area contributed by atoms with Crippen LogP contribution in [0.3, 0.4) is 0 Å². The Morgan fingerprint density at radius 1 is 1.21 bits per heavy atom. The molecule has 0 aromatic heterocycles. The summed E-state index contributed by atoms with van der Waals surface area (Å²) in [5.41, 5.74) is 0. The third-order valence-corrected chi connectivity index (χ3v) is 2.56. The maximum absolute atomic E-state index is 8.82. The summed E-state index contributed by atoms with van der Waals surface area (Å²) in [4.78, 5) is 0. The van der Waals surface area contributed by atoms with Gasteiger partial charge in [-0.05, 0) is 12.8 Å². The third kappa shape index (κ3) is 4.40. The lowest BCUT2D eigenvalue weighted by Gasteiger charge is -2.09. The Morgan fingerprint density at radius 2 is 2.00 bits per heavy atom. The van der Waals surface area contributed by atoms with Gasteiger partial charge in [-0.3, -0.25) is 0 Å². The third-order valence-electron chi connectivity index (χ3n) is 2.56. The van der Waals surface area contributed by atoms with Crippen molar-refractivity contribution in [3.63, 3.8) is 0 Å². The lowest BCUT2D eigenvalue weighted by atomic mass is 10.1. The number of aliphatic hydroxyl groups is 1. The quantitative estimate of drug-likeness (QED) is 0.642. The molecule has 0 amide bonds. The van der Waals surface area contributed by atoms with Gasteiger partial charge in [0, 0.05) is 0 Å². The minimum Gasteiger partial charge on any atom is -0.394 e. The first-order valence-electron chi connectivity index (χ1n) is 5.74. The number of ether oxygens (including phenoxy) is 2. The van der Waals surface area contributed by atoms with E-state index in [0.29, 0.717) is 6.61 Å². The first-order valence-corrected chi connectivity index (χ1v) is 5.74. The summed E-state index contributed by atoms with van der Waals surface area (Å²) in [5.74, 6) is 0. The highest BCUT2D eigenvalue weighted by atomic mass is 16.7. The molecule has 2 atom stereocenters. The second-order valence-corrected chi connectivity index (χ2v) is 3.91.